The molecule has 5 rings (SSSR count). The van der Waals surface area contributed by atoms with Gasteiger partial charge in [0.15, 0.2) is 5.78 Å². The molecular weight excluding hydrogens is 404 g/mol. The summed E-state index contributed by atoms with van der Waals surface area (Å²) in [6.07, 6.45) is -0.657. The summed E-state index contributed by atoms with van der Waals surface area (Å²) in [6, 6.07) is 12.7. The molecule has 4 unspecified atom stereocenters. The van der Waals surface area contributed by atoms with Crippen LogP contribution in [0, 0.1) is 21.4 Å². The van der Waals surface area contributed by atoms with E-state index in [0.717, 1.165) is 5.56 Å². The smallest absolute Gasteiger partial charge is 0.414 e. The molecule has 158 valence electrons. The van der Waals surface area contributed by atoms with Crippen molar-refractivity contribution in [2.24, 2.45) is 11.3 Å². The number of nitro groups is 1. The highest BCUT2D eigenvalue weighted by Crippen LogP contribution is 2.76. The van der Waals surface area contributed by atoms with E-state index in [1.165, 1.54) is 30.2 Å². The molecule has 9 heteroatoms. The van der Waals surface area contributed by atoms with Gasteiger partial charge in [-0.15, -0.1) is 0 Å². The van der Waals surface area contributed by atoms with Crippen molar-refractivity contribution in [2.45, 2.75) is 25.0 Å². The SMILES string of the molecule is COC(=O)C12C(=O)CC3C1C2c1cc([N+](=O)[O-])ccc1N3C(=O)OCc1ccccc1. The third-order valence-corrected chi connectivity index (χ3v) is 6.61. The van der Waals surface area contributed by atoms with Crippen molar-refractivity contribution in [3.8, 4) is 0 Å². The van der Waals surface area contributed by atoms with Crippen molar-refractivity contribution >= 4 is 29.2 Å². The van der Waals surface area contributed by atoms with E-state index >= 15 is 0 Å². The molecule has 2 fully saturated rings. The van der Waals surface area contributed by atoms with Gasteiger partial charge >= 0.3 is 12.1 Å². The van der Waals surface area contributed by atoms with Gasteiger partial charge in [0.25, 0.3) is 5.69 Å². The molecule has 0 bridgehead atoms. The van der Waals surface area contributed by atoms with Crippen molar-refractivity contribution in [1.29, 1.82) is 0 Å². The van der Waals surface area contributed by atoms with Crippen molar-refractivity contribution in [3.63, 3.8) is 0 Å². The summed E-state index contributed by atoms with van der Waals surface area (Å²) in [5.74, 6) is -1.99. The van der Waals surface area contributed by atoms with E-state index in [1.54, 1.807) is 0 Å². The predicted molar refractivity (Wildman–Crippen MR) is 106 cm³/mol. The normalized spacial score (nSPS) is 27.2. The second-order valence-electron chi connectivity index (χ2n) is 7.97. The Hall–Kier alpha value is -3.75. The Morgan fingerprint density at radius 1 is 1.23 bits per heavy atom. The largest absolute Gasteiger partial charge is 0.468 e. The van der Waals surface area contributed by atoms with Crippen molar-refractivity contribution in [1.82, 2.24) is 0 Å². The van der Waals surface area contributed by atoms with Crippen LogP contribution in [-0.4, -0.2) is 35.9 Å². The van der Waals surface area contributed by atoms with Gasteiger partial charge in [-0.1, -0.05) is 30.3 Å². The molecule has 3 aliphatic rings. The molecule has 0 N–H and O–H groups in total. The fourth-order valence-corrected chi connectivity index (χ4v) is 5.35. The molecule has 2 saturated carbocycles. The number of amides is 1. The van der Waals surface area contributed by atoms with Crippen LogP contribution in [-0.2, 0) is 25.7 Å². The first-order valence-corrected chi connectivity index (χ1v) is 9.81. The zero-order valence-electron chi connectivity index (χ0n) is 16.5. The highest BCUT2D eigenvalue weighted by atomic mass is 16.6. The number of anilines is 1. The summed E-state index contributed by atoms with van der Waals surface area (Å²) in [5.41, 5.74) is 0.0798. The number of carbonyl (C=O) groups is 3. The van der Waals surface area contributed by atoms with Crippen LogP contribution in [0.4, 0.5) is 16.2 Å². The minimum atomic E-state index is -1.39. The Morgan fingerprint density at radius 2 is 1.97 bits per heavy atom. The summed E-state index contributed by atoms with van der Waals surface area (Å²) in [7, 11) is 1.21. The highest BCUT2D eigenvalue weighted by Gasteiger charge is 2.83. The number of non-ortho nitro benzene ring substituents is 1. The molecule has 2 aromatic rings. The maximum absolute atomic E-state index is 13.1. The van der Waals surface area contributed by atoms with Crippen LogP contribution in [0.3, 0.4) is 0 Å². The lowest BCUT2D eigenvalue weighted by molar-refractivity contribution is -0.384. The fraction of sp³-hybridized carbons (Fsp3) is 0.318. The molecule has 2 aliphatic carbocycles. The average molecular weight is 422 g/mol. The molecule has 1 heterocycles. The van der Waals surface area contributed by atoms with E-state index in [4.69, 9.17) is 9.47 Å². The van der Waals surface area contributed by atoms with Gasteiger partial charge in [-0.05, 0) is 17.2 Å². The number of rotatable bonds is 4. The summed E-state index contributed by atoms with van der Waals surface area (Å²) < 4.78 is 10.4. The number of Topliss-reactive ketones (excluding diaryl/α,β-unsaturated/α-hetero) is 1. The van der Waals surface area contributed by atoms with Crippen LogP contribution >= 0.6 is 0 Å². The number of hydrogen-bond donors (Lipinski definition) is 0. The Kier molecular flexibility index (Phi) is 4.11. The number of hydrogen-bond acceptors (Lipinski definition) is 7. The Morgan fingerprint density at radius 3 is 2.65 bits per heavy atom. The molecule has 31 heavy (non-hydrogen) atoms. The number of fused-ring (bicyclic) bond motifs is 3. The van der Waals surface area contributed by atoms with Gasteiger partial charge in [-0.2, -0.15) is 0 Å². The van der Waals surface area contributed by atoms with E-state index < -0.39 is 40.3 Å². The predicted octanol–water partition coefficient (Wildman–Crippen LogP) is 2.97. The Bertz CT molecular complexity index is 1130. The zero-order valence-corrected chi connectivity index (χ0v) is 16.5. The van der Waals surface area contributed by atoms with Crippen LogP contribution in [0.1, 0.15) is 23.5 Å². The van der Waals surface area contributed by atoms with Gasteiger partial charge in [0, 0.05) is 30.4 Å². The van der Waals surface area contributed by atoms with E-state index in [1.807, 2.05) is 30.3 Å². The molecule has 0 aromatic heterocycles. The lowest BCUT2D eigenvalue weighted by atomic mass is 9.88. The molecule has 4 atom stereocenters. The molecule has 0 saturated heterocycles. The second-order valence-corrected chi connectivity index (χ2v) is 7.97. The van der Waals surface area contributed by atoms with Crippen LogP contribution in [0.2, 0.25) is 0 Å². The molecule has 0 spiro atoms. The number of ketones is 1. The molecule has 1 aliphatic heterocycles. The van der Waals surface area contributed by atoms with E-state index in [2.05, 4.69) is 0 Å². The van der Waals surface area contributed by atoms with E-state index in [-0.39, 0.29) is 24.5 Å². The standard InChI is InChI=1S/C22H18N2O7/c1-30-20(26)22-17(25)10-16-19(22)18(22)14-9-13(24(28)29)7-8-15(14)23(16)21(27)31-11-12-5-3-2-4-6-12/h2-9,16,18-19H,10-11H2,1H3. The summed E-state index contributed by atoms with van der Waals surface area (Å²) >= 11 is 0. The van der Waals surface area contributed by atoms with Crippen molar-refractivity contribution in [3.05, 3.63) is 69.8 Å². The number of nitro benzene ring substituents is 1. The van der Waals surface area contributed by atoms with Gasteiger partial charge in [0.2, 0.25) is 0 Å². The number of ether oxygens (including phenoxy) is 2. The van der Waals surface area contributed by atoms with Gasteiger partial charge in [-0.25, -0.2) is 4.79 Å². The highest BCUT2D eigenvalue weighted by molar-refractivity contribution is 6.14. The lowest BCUT2D eigenvalue weighted by Crippen LogP contribution is -2.44. The van der Waals surface area contributed by atoms with Crippen LogP contribution < -0.4 is 4.90 Å². The Labute approximate surface area is 176 Å². The maximum Gasteiger partial charge on any atom is 0.414 e. The number of esters is 1. The van der Waals surface area contributed by atoms with Crippen molar-refractivity contribution < 1.29 is 28.8 Å². The summed E-state index contributed by atoms with van der Waals surface area (Å²) in [4.78, 5) is 50.8. The van der Waals surface area contributed by atoms with Crippen molar-refractivity contribution in [2.75, 3.05) is 12.0 Å². The molecule has 0 radical (unpaired) electrons. The Balaban J connectivity index is 1.55. The van der Waals surface area contributed by atoms with Gasteiger partial charge in [0.1, 0.15) is 12.0 Å². The maximum atomic E-state index is 13.1. The van der Waals surface area contributed by atoms with Gasteiger partial charge < -0.3 is 9.47 Å². The minimum absolute atomic E-state index is 0.00707. The first-order valence-electron chi connectivity index (χ1n) is 9.81. The molecule has 9 nitrogen and oxygen atoms in total. The third kappa shape index (κ3) is 2.52. The first kappa shape index (κ1) is 19.2. The fourth-order valence-electron chi connectivity index (χ4n) is 5.35. The second kappa shape index (κ2) is 6.63. The van der Waals surface area contributed by atoms with Crippen LogP contribution in [0.5, 0.6) is 0 Å². The minimum Gasteiger partial charge on any atom is -0.468 e. The number of nitrogens with zero attached hydrogens (tertiary/aromatic N) is 2. The molecule has 1 amide bonds. The van der Waals surface area contributed by atoms with Gasteiger partial charge in [0.05, 0.1) is 23.8 Å². The topological polar surface area (TPSA) is 116 Å². The summed E-state index contributed by atoms with van der Waals surface area (Å²) in [6.45, 7) is 0.0371. The quantitative estimate of drug-likeness (QED) is 0.322. The molecule has 2 aromatic carbocycles. The number of benzene rings is 2. The van der Waals surface area contributed by atoms with Crippen LogP contribution in [0.25, 0.3) is 0 Å². The first-order chi connectivity index (χ1) is 14.9. The summed E-state index contributed by atoms with van der Waals surface area (Å²) in [5, 5.41) is 11.3. The molecular formula is C22H18N2O7. The number of methoxy groups -OCH3 is 1. The zero-order chi connectivity index (χ0) is 21.9. The monoisotopic (exact) mass is 422 g/mol. The number of carbonyl (C=O) groups excluding carboxylic acids is 3. The third-order valence-electron chi connectivity index (χ3n) is 6.61. The van der Waals surface area contributed by atoms with E-state index in [9.17, 15) is 24.5 Å². The van der Waals surface area contributed by atoms with Gasteiger partial charge in [-0.3, -0.25) is 24.6 Å². The average Bonchev–Trinajstić information content (AvgIpc) is 3.40. The lowest BCUT2D eigenvalue weighted by Gasteiger charge is -2.35. The van der Waals surface area contributed by atoms with E-state index in [0.29, 0.717) is 11.3 Å². The van der Waals surface area contributed by atoms with Crippen LogP contribution in [0.15, 0.2) is 48.5 Å².